The zero-order chi connectivity index (χ0) is 20.9. The number of aromatic nitrogens is 1. The van der Waals surface area contributed by atoms with Crippen LogP contribution in [0.3, 0.4) is 0 Å². The minimum atomic E-state index is 0.0850. The second-order valence-electron chi connectivity index (χ2n) is 8.99. The number of hydrogen-bond acceptors (Lipinski definition) is 2. The Morgan fingerprint density at radius 1 is 0.800 bits per heavy atom. The number of rotatable bonds is 2. The maximum atomic E-state index is 6.29. The first kappa shape index (κ1) is 18.6. The van der Waals surface area contributed by atoms with Gasteiger partial charge in [-0.3, -0.25) is 4.98 Å². The molecule has 5 rings (SSSR count). The summed E-state index contributed by atoms with van der Waals surface area (Å²) in [4.78, 5) is 4.66. The Labute approximate surface area is 177 Å². The molecule has 0 aliphatic heterocycles. The van der Waals surface area contributed by atoms with Crippen molar-refractivity contribution in [3.05, 3.63) is 90.1 Å². The smallest absolute Gasteiger partial charge is 0.138 e. The summed E-state index contributed by atoms with van der Waals surface area (Å²) < 4.78 is 6.29. The fourth-order valence-corrected chi connectivity index (χ4v) is 4.08. The fraction of sp³-hybridized carbons (Fsp3) is 0.179. The second kappa shape index (κ2) is 6.84. The summed E-state index contributed by atoms with van der Waals surface area (Å²) in [6, 6.07) is 25.6. The Bertz CT molecular complexity index is 1370. The van der Waals surface area contributed by atoms with Gasteiger partial charge in [-0.05, 0) is 64.9 Å². The number of hydrogen-bond donors (Lipinski definition) is 0. The van der Waals surface area contributed by atoms with Crippen LogP contribution in [0.15, 0.2) is 83.4 Å². The molecule has 0 atom stereocenters. The van der Waals surface area contributed by atoms with Crippen molar-refractivity contribution in [2.45, 2.75) is 33.1 Å². The van der Waals surface area contributed by atoms with Crippen LogP contribution in [-0.4, -0.2) is 4.98 Å². The lowest BCUT2D eigenvalue weighted by Gasteiger charge is -2.19. The van der Waals surface area contributed by atoms with E-state index in [-0.39, 0.29) is 5.41 Å². The van der Waals surface area contributed by atoms with Gasteiger partial charge in [0.1, 0.15) is 11.2 Å². The third-order valence-electron chi connectivity index (χ3n) is 5.82. The van der Waals surface area contributed by atoms with E-state index in [1.54, 1.807) is 0 Å². The monoisotopic (exact) mass is 391 g/mol. The molecule has 0 radical (unpaired) electrons. The van der Waals surface area contributed by atoms with E-state index >= 15 is 0 Å². The summed E-state index contributed by atoms with van der Waals surface area (Å²) in [5.41, 5.74) is 8.88. The zero-order valence-electron chi connectivity index (χ0n) is 17.9. The van der Waals surface area contributed by atoms with Crippen LogP contribution in [0.5, 0.6) is 0 Å². The zero-order valence-corrected chi connectivity index (χ0v) is 17.9. The van der Waals surface area contributed by atoms with Crippen molar-refractivity contribution in [1.82, 2.24) is 4.98 Å². The van der Waals surface area contributed by atoms with Gasteiger partial charge >= 0.3 is 0 Å². The van der Waals surface area contributed by atoms with Crippen LogP contribution in [0.25, 0.3) is 44.3 Å². The first-order chi connectivity index (χ1) is 14.4. The van der Waals surface area contributed by atoms with Gasteiger partial charge in [0.15, 0.2) is 0 Å². The molecule has 0 N–H and O–H groups in total. The first-order valence-corrected chi connectivity index (χ1v) is 10.4. The highest BCUT2D eigenvalue weighted by molar-refractivity contribution is 6.14. The molecule has 0 fully saturated rings. The molecule has 30 heavy (non-hydrogen) atoms. The number of benzene rings is 3. The minimum absolute atomic E-state index is 0.0850. The molecule has 5 aromatic rings. The fourth-order valence-electron chi connectivity index (χ4n) is 4.08. The molecule has 0 spiro atoms. The normalized spacial score (nSPS) is 12.0. The highest BCUT2D eigenvalue weighted by Crippen LogP contribution is 2.39. The predicted molar refractivity (Wildman–Crippen MR) is 126 cm³/mol. The Kier molecular flexibility index (Phi) is 4.25. The first-order valence-electron chi connectivity index (χ1n) is 10.4. The van der Waals surface area contributed by atoms with Crippen molar-refractivity contribution < 1.29 is 4.42 Å². The Balaban J connectivity index is 1.77. The number of nitrogens with zero attached hydrogens (tertiary/aromatic N) is 1. The number of aryl methyl sites for hydroxylation is 1. The summed E-state index contributed by atoms with van der Waals surface area (Å²) in [5.74, 6) is 0. The van der Waals surface area contributed by atoms with E-state index in [0.717, 1.165) is 33.4 Å². The van der Waals surface area contributed by atoms with Crippen LogP contribution in [0.2, 0.25) is 0 Å². The summed E-state index contributed by atoms with van der Waals surface area (Å²) >= 11 is 0. The largest absolute Gasteiger partial charge is 0.456 e. The molecule has 148 valence electrons. The lowest BCUT2D eigenvalue weighted by atomic mass is 9.87. The molecular weight excluding hydrogens is 366 g/mol. The average Bonchev–Trinajstić information content (AvgIpc) is 3.14. The molecule has 2 heteroatoms. The van der Waals surface area contributed by atoms with Crippen LogP contribution in [0.1, 0.15) is 31.9 Å². The van der Waals surface area contributed by atoms with E-state index in [2.05, 4.69) is 99.4 Å². The van der Waals surface area contributed by atoms with Gasteiger partial charge in [-0.1, -0.05) is 63.2 Å². The highest BCUT2D eigenvalue weighted by Gasteiger charge is 2.17. The quantitative estimate of drug-likeness (QED) is 0.305. The third kappa shape index (κ3) is 3.09. The summed E-state index contributed by atoms with van der Waals surface area (Å²) in [6.45, 7) is 8.80. The van der Waals surface area contributed by atoms with Gasteiger partial charge in [0.2, 0.25) is 0 Å². The number of fused-ring (bicyclic) bond motifs is 3. The lowest BCUT2D eigenvalue weighted by Crippen LogP contribution is -2.11. The van der Waals surface area contributed by atoms with E-state index in [0.29, 0.717) is 0 Å². The molecule has 3 aromatic carbocycles. The number of furan rings is 1. The minimum Gasteiger partial charge on any atom is -0.456 e. The Morgan fingerprint density at radius 2 is 1.60 bits per heavy atom. The van der Waals surface area contributed by atoms with E-state index < -0.39 is 0 Å². The van der Waals surface area contributed by atoms with Gasteiger partial charge in [0.25, 0.3) is 0 Å². The van der Waals surface area contributed by atoms with Crippen molar-refractivity contribution in [3.8, 4) is 22.4 Å². The molecule has 0 aliphatic rings. The van der Waals surface area contributed by atoms with Gasteiger partial charge in [0.05, 0.1) is 5.69 Å². The summed E-state index contributed by atoms with van der Waals surface area (Å²) in [6.07, 6.45) is 1.91. The van der Waals surface area contributed by atoms with Crippen molar-refractivity contribution in [3.63, 3.8) is 0 Å². The Hall–Kier alpha value is -3.39. The summed E-state index contributed by atoms with van der Waals surface area (Å²) in [7, 11) is 0. The number of pyridine rings is 1. The molecule has 0 bridgehead atoms. The molecule has 0 unspecified atom stereocenters. The van der Waals surface area contributed by atoms with Gasteiger partial charge in [-0.25, -0.2) is 0 Å². The summed E-state index contributed by atoms with van der Waals surface area (Å²) in [5, 5.41) is 2.30. The Morgan fingerprint density at radius 3 is 2.37 bits per heavy atom. The molecule has 2 nitrogen and oxygen atoms in total. The van der Waals surface area contributed by atoms with Crippen LogP contribution < -0.4 is 0 Å². The van der Waals surface area contributed by atoms with Crippen molar-refractivity contribution in [1.29, 1.82) is 0 Å². The molecule has 2 aromatic heterocycles. The average molecular weight is 392 g/mol. The molecule has 0 amide bonds. The predicted octanol–water partition coefficient (Wildman–Crippen LogP) is 7.92. The van der Waals surface area contributed by atoms with Crippen LogP contribution >= 0.6 is 0 Å². The van der Waals surface area contributed by atoms with E-state index in [9.17, 15) is 0 Å². The van der Waals surface area contributed by atoms with Crippen molar-refractivity contribution >= 4 is 21.9 Å². The maximum Gasteiger partial charge on any atom is 0.138 e. The molecule has 2 heterocycles. The second-order valence-corrected chi connectivity index (χ2v) is 8.99. The molecule has 0 saturated heterocycles. The topological polar surface area (TPSA) is 26.0 Å². The SMILES string of the molecule is Cc1ccc(-c2ccccc2)c2c1oc1ccc(-c3cc(C(C)(C)C)ccn3)cc12. The third-order valence-corrected chi connectivity index (χ3v) is 5.82. The van der Waals surface area contributed by atoms with Gasteiger partial charge in [0, 0.05) is 22.5 Å². The van der Waals surface area contributed by atoms with Gasteiger partial charge in [-0.15, -0.1) is 0 Å². The standard InChI is InChI=1S/C28H25NO/c1-18-10-12-22(19-8-6-5-7-9-19)26-23-16-20(11-13-25(23)30-27(18)26)24-17-21(14-15-29-24)28(2,3)4/h5-17H,1-4H3. The van der Waals surface area contributed by atoms with Crippen LogP contribution in [0, 0.1) is 6.92 Å². The van der Waals surface area contributed by atoms with Crippen LogP contribution in [0.4, 0.5) is 0 Å². The maximum absolute atomic E-state index is 6.29. The molecule has 0 saturated carbocycles. The van der Waals surface area contributed by atoms with Crippen molar-refractivity contribution in [2.24, 2.45) is 0 Å². The molecule has 0 aliphatic carbocycles. The van der Waals surface area contributed by atoms with E-state index in [1.807, 2.05) is 12.3 Å². The van der Waals surface area contributed by atoms with Crippen LogP contribution in [-0.2, 0) is 5.41 Å². The van der Waals surface area contributed by atoms with Gasteiger partial charge < -0.3 is 4.42 Å². The molecular formula is C28H25NO. The lowest BCUT2D eigenvalue weighted by molar-refractivity contribution is 0.589. The van der Waals surface area contributed by atoms with Crippen molar-refractivity contribution in [2.75, 3.05) is 0 Å². The highest BCUT2D eigenvalue weighted by atomic mass is 16.3. The van der Waals surface area contributed by atoms with E-state index in [4.69, 9.17) is 4.42 Å². The van der Waals surface area contributed by atoms with E-state index in [1.165, 1.54) is 22.1 Å². The van der Waals surface area contributed by atoms with Gasteiger partial charge in [-0.2, -0.15) is 0 Å².